The summed E-state index contributed by atoms with van der Waals surface area (Å²) < 4.78 is 0.911. The van der Waals surface area contributed by atoms with E-state index in [0.717, 1.165) is 17.5 Å². The van der Waals surface area contributed by atoms with Gasteiger partial charge in [0, 0.05) is 18.8 Å². The lowest BCUT2D eigenvalue weighted by Crippen LogP contribution is -2.56. The lowest BCUT2D eigenvalue weighted by Gasteiger charge is -2.38. The Morgan fingerprint density at radius 2 is 2.09 bits per heavy atom. The van der Waals surface area contributed by atoms with Crippen molar-refractivity contribution in [1.82, 2.24) is 30.5 Å². The molecule has 1 aromatic heterocycles. The molecule has 0 aliphatic carbocycles. The number of aliphatic hydroxyl groups is 1. The third-order valence-electron chi connectivity index (χ3n) is 7.21. The minimum atomic E-state index is -0.762. The van der Waals surface area contributed by atoms with Crippen LogP contribution in [-0.2, 0) is 21.1 Å². The number of benzene rings is 1. The molecule has 3 aliphatic heterocycles. The molecule has 3 aliphatic rings. The molecular weight excluding hydrogens is 432 g/mol. The molecule has 4 heterocycles. The number of carbonyl (C=O) groups is 3. The summed E-state index contributed by atoms with van der Waals surface area (Å²) in [6, 6.07) is 6.70. The number of thioether (sulfide) groups is 1. The first-order valence-corrected chi connectivity index (χ1v) is 11.7. The molecule has 2 aromatic rings. The first-order valence-electron chi connectivity index (χ1n) is 10.8. The standard InChI is InChI=1S/C21H26N6O4S/c1-11-9-14-15(18(29)22-2)16-20(31)26(7-8-28)17(21(11,16)32-14)19(30)23-10-27-13-6-4-3-5-12(13)24-25-27/h3-6,11,14-17,28H,7-10H2,1-2H3,(H,22,29)(H,23,30)/t11?,14-,15+,16+,17?,21?/m1/s1. The summed E-state index contributed by atoms with van der Waals surface area (Å²) in [5.74, 6) is -1.64. The van der Waals surface area contributed by atoms with Crippen LogP contribution < -0.4 is 10.6 Å². The van der Waals surface area contributed by atoms with Gasteiger partial charge in [-0.25, -0.2) is 4.68 Å². The SMILES string of the molecule is CNC(=O)[C@@H]1[C@H]2C(=O)N(CCO)C(C(=O)NCn3nnc4ccccc43)C23S[C@@H]1CC3C. The van der Waals surface area contributed by atoms with Crippen LogP contribution in [0, 0.1) is 17.8 Å². The summed E-state index contributed by atoms with van der Waals surface area (Å²) in [6.45, 7) is 1.97. The zero-order valence-electron chi connectivity index (χ0n) is 17.9. The van der Waals surface area contributed by atoms with Gasteiger partial charge in [0.15, 0.2) is 0 Å². The molecule has 3 fully saturated rings. The quantitative estimate of drug-likeness (QED) is 0.536. The van der Waals surface area contributed by atoms with Gasteiger partial charge in [0.2, 0.25) is 17.7 Å². The van der Waals surface area contributed by atoms with E-state index >= 15 is 0 Å². The van der Waals surface area contributed by atoms with Gasteiger partial charge in [-0.2, -0.15) is 0 Å². The number of amides is 3. The van der Waals surface area contributed by atoms with Crippen molar-refractivity contribution in [2.45, 2.75) is 36.1 Å². The van der Waals surface area contributed by atoms with Crippen LogP contribution in [0.1, 0.15) is 13.3 Å². The molecule has 5 rings (SSSR count). The number of hydrogen-bond acceptors (Lipinski definition) is 7. The largest absolute Gasteiger partial charge is 0.395 e. The Kier molecular flexibility index (Phi) is 5.12. The predicted molar refractivity (Wildman–Crippen MR) is 117 cm³/mol. The first-order chi connectivity index (χ1) is 15.4. The highest BCUT2D eigenvalue weighted by Gasteiger charge is 2.75. The van der Waals surface area contributed by atoms with Gasteiger partial charge in [-0.05, 0) is 24.5 Å². The minimum Gasteiger partial charge on any atom is -0.395 e. The lowest BCUT2D eigenvalue weighted by molar-refractivity contribution is -0.140. The van der Waals surface area contributed by atoms with Gasteiger partial charge in [0.1, 0.15) is 18.2 Å². The maximum Gasteiger partial charge on any atom is 0.245 e. The molecular formula is C21H26N6O4S. The number of aromatic nitrogens is 3. The van der Waals surface area contributed by atoms with Crippen LogP contribution in [-0.4, -0.2) is 79.0 Å². The fourth-order valence-corrected chi connectivity index (χ4v) is 8.34. The Morgan fingerprint density at radius 3 is 2.84 bits per heavy atom. The fourth-order valence-electron chi connectivity index (χ4n) is 5.92. The summed E-state index contributed by atoms with van der Waals surface area (Å²) in [6.07, 6.45) is 0.775. The maximum atomic E-state index is 13.6. The number of carbonyl (C=O) groups excluding carboxylic acids is 3. The van der Waals surface area contributed by atoms with E-state index in [1.807, 2.05) is 24.3 Å². The van der Waals surface area contributed by atoms with Gasteiger partial charge in [-0.1, -0.05) is 24.3 Å². The van der Waals surface area contributed by atoms with Gasteiger partial charge in [0.25, 0.3) is 0 Å². The van der Waals surface area contributed by atoms with E-state index in [4.69, 9.17) is 0 Å². The van der Waals surface area contributed by atoms with Crippen LogP contribution in [0.15, 0.2) is 24.3 Å². The molecule has 2 bridgehead atoms. The molecule has 3 N–H and O–H groups in total. The average molecular weight is 459 g/mol. The highest BCUT2D eigenvalue weighted by molar-refractivity contribution is 8.02. The monoisotopic (exact) mass is 458 g/mol. The van der Waals surface area contributed by atoms with Gasteiger partial charge in [-0.15, -0.1) is 16.9 Å². The third-order valence-corrected chi connectivity index (χ3v) is 9.28. The first kappa shape index (κ1) is 21.2. The van der Waals surface area contributed by atoms with E-state index in [9.17, 15) is 19.5 Å². The molecule has 6 atom stereocenters. The minimum absolute atomic E-state index is 0.00438. The molecule has 3 saturated heterocycles. The van der Waals surface area contributed by atoms with Crippen LogP contribution in [0.25, 0.3) is 11.0 Å². The predicted octanol–water partition coefficient (Wildman–Crippen LogP) is -0.419. The smallest absolute Gasteiger partial charge is 0.245 e. The summed E-state index contributed by atoms with van der Waals surface area (Å²) in [4.78, 5) is 41.2. The van der Waals surface area contributed by atoms with E-state index in [-0.39, 0.29) is 48.7 Å². The van der Waals surface area contributed by atoms with Crippen LogP contribution in [0.4, 0.5) is 0 Å². The zero-order chi connectivity index (χ0) is 22.6. The lowest BCUT2D eigenvalue weighted by atomic mass is 9.66. The maximum absolute atomic E-state index is 13.6. The van der Waals surface area contributed by atoms with Crippen LogP contribution in [0.3, 0.4) is 0 Å². The van der Waals surface area contributed by atoms with Crippen LogP contribution in [0.5, 0.6) is 0 Å². The molecule has 32 heavy (non-hydrogen) atoms. The van der Waals surface area contributed by atoms with Gasteiger partial charge < -0.3 is 20.6 Å². The Morgan fingerprint density at radius 1 is 1.31 bits per heavy atom. The van der Waals surface area contributed by atoms with Gasteiger partial charge >= 0.3 is 0 Å². The topological polar surface area (TPSA) is 129 Å². The van der Waals surface area contributed by atoms with E-state index < -0.39 is 22.6 Å². The second-order valence-corrected chi connectivity index (χ2v) is 10.2. The highest BCUT2D eigenvalue weighted by atomic mass is 32.2. The van der Waals surface area contributed by atoms with Crippen molar-refractivity contribution in [3.8, 4) is 0 Å². The number of rotatable bonds is 6. The van der Waals surface area contributed by atoms with Crippen molar-refractivity contribution >= 4 is 40.5 Å². The highest BCUT2D eigenvalue weighted by Crippen LogP contribution is 2.68. The number of β-amino-alcohol motifs (C(OH)–C–C–N with tert-alkyl or cyclic N) is 1. The third kappa shape index (κ3) is 2.80. The Bertz CT molecular complexity index is 1090. The number of nitrogens with one attached hydrogen (secondary N) is 2. The molecule has 1 spiro atoms. The molecule has 0 saturated carbocycles. The van der Waals surface area contributed by atoms with E-state index in [2.05, 4.69) is 27.9 Å². The molecule has 170 valence electrons. The molecule has 1 aromatic carbocycles. The van der Waals surface area contributed by atoms with Crippen molar-refractivity contribution < 1.29 is 19.5 Å². The molecule has 3 unspecified atom stereocenters. The summed E-state index contributed by atoms with van der Waals surface area (Å²) in [5, 5.41) is 23.5. The fraction of sp³-hybridized carbons (Fsp3) is 0.571. The van der Waals surface area contributed by atoms with Crippen LogP contribution >= 0.6 is 11.8 Å². The molecule has 11 heteroatoms. The second kappa shape index (κ2) is 7.73. The summed E-state index contributed by atoms with van der Waals surface area (Å²) in [5.41, 5.74) is 1.52. The van der Waals surface area contributed by atoms with Crippen molar-refractivity contribution in [3.05, 3.63) is 24.3 Å². The Hall–Kier alpha value is -2.66. The summed E-state index contributed by atoms with van der Waals surface area (Å²) >= 11 is 1.60. The molecule has 3 amide bonds. The number of aliphatic hydroxyl groups excluding tert-OH is 1. The van der Waals surface area contributed by atoms with Gasteiger partial charge in [0.05, 0.1) is 28.7 Å². The van der Waals surface area contributed by atoms with Gasteiger partial charge in [-0.3, -0.25) is 14.4 Å². The number of nitrogens with zero attached hydrogens (tertiary/aromatic N) is 4. The van der Waals surface area contributed by atoms with E-state index in [1.165, 1.54) is 4.90 Å². The van der Waals surface area contributed by atoms with Crippen molar-refractivity contribution in [2.24, 2.45) is 17.8 Å². The van der Waals surface area contributed by atoms with E-state index in [0.29, 0.717) is 0 Å². The Balaban J connectivity index is 1.46. The van der Waals surface area contributed by atoms with Crippen LogP contribution in [0.2, 0.25) is 0 Å². The summed E-state index contributed by atoms with van der Waals surface area (Å²) in [7, 11) is 1.58. The molecule has 0 radical (unpaired) electrons. The zero-order valence-corrected chi connectivity index (χ0v) is 18.7. The number of likely N-dealkylation sites (tertiary alicyclic amines) is 1. The Labute approximate surface area is 189 Å². The number of hydrogen-bond donors (Lipinski definition) is 3. The van der Waals surface area contributed by atoms with Crippen molar-refractivity contribution in [2.75, 3.05) is 20.2 Å². The number of para-hydroxylation sites is 1. The van der Waals surface area contributed by atoms with Crippen molar-refractivity contribution in [3.63, 3.8) is 0 Å². The van der Waals surface area contributed by atoms with E-state index in [1.54, 1.807) is 23.5 Å². The molecule has 10 nitrogen and oxygen atoms in total. The second-order valence-electron chi connectivity index (χ2n) is 8.70. The average Bonchev–Trinajstić information content (AvgIpc) is 3.50. The van der Waals surface area contributed by atoms with Crippen molar-refractivity contribution in [1.29, 1.82) is 0 Å². The number of fused-ring (bicyclic) bond motifs is 2. The normalized spacial score (nSPS) is 33.0.